The Morgan fingerprint density at radius 1 is 1.32 bits per heavy atom. The summed E-state index contributed by atoms with van der Waals surface area (Å²) >= 11 is 0. The fourth-order valence-corrected chi connectivity index (χ4v) is 1.38. The summed E-state index contributed by atoms with van der Waals surface area (Å²) in [7, 11) is 0. The molecule has 1 aromatic carbocycles. The molecule has 0 spiro atoms. The van der Waals surface area contributed by atoms with Crippen molar-refractivity contribution >= 4 is 17.3 Å². The predicted molar refractivity (Wildman–Crippen MR) is 64.6 cm³/mol. The predicted octanol–water partition coefficient (Wildman–Crippen LogP) is 1.77. The molecule has 0 heterocycles. The normalized spacial score (nSPS) is 9.68. The highest BCUT2D eigenvalue weighted by atomic mass is 16.6. The van der Waals surface area contributed by atoms with E-state index in [4.69, 9.17) is 0 Å². The Morgan fingerprint density at radius 3 is 2.53 bits per heavy atom. The van der Waals surface area contributed by atoms with E-state index in [-0.39, 0.29) is 30.0 Å². The lowest BCUT2D eigenvalue weighted by atomic mass is 10.1. The van der Waals surface area contributed by atoms with Gasteiger partial charge in [-0.2, -0.15) is 0 Å². The highest BCUT2D eigenvalue weighted by Gasteiger charge is 2.18. The number of rotatable bonds is 6. The molecule has 0 atom stereocenters. The molecule has 1 aromatic rings. The van der Waals surface area contributed by atoms with Crippen molar-refractivity contribution in [2.24, 2.45) is 0 Å². The molecule has 0 bridgehead atoms. The van der Waals surface area contributed by atoms with Crippen LogP contribution in [0, 0.1) is 20.2 Å². The van der Waals surface area contributed by atoms with Crippen LogP contribution in [0.25, 0.3) is 0 Å². The molecule has 0 N–H and O–H groups in total. The minimum Gasteiger partial charge on any atom is -0.462 e. The monoisotopic (exact) mass is 266 g/mol. The van der Waals surface area contributed by atoms with Gasteiger partial charge in [-0.15, -0.1) is 0 Å². The molecular weight excluding hydrogens is 256 g/mol. The second-order valence-corrected chi connectivity index (χ2v) is 3.45. The van der Waals surface area contributed by atoms with E-state index in [1.54, 1.807) is 0 Å². The molecule has 8 heteroatoms. The zero-order valence-electron chi connectivity index (χ0n) is 9.77. The molecule has 8 nitrogen and oxygen atoms in total. The number of esters is 1. The SMILES string of the molecule is C=CC(=O)OCCc1cc([N+](=O)[O-])ccc1[N+](=O)[O-]. The van der Waals surface area contributed by atoms with Crippen LogP contribution < -0.4 is 0 Å². The van der Waals surface area contributed by atoms with Crippen LogP contribution in [0.2, 0.25) is 0 Å². The van der Waals surface area contributed by atoms with Crippen molar-refractivity contribution < 1.29 is 19.4 Å². The van der Waals surface area contributed by atoms with Gasteiger partial charge in [0.15, 0.2) is 0 Å². The lowest BCUT2D eigenvalue weighted by Crippen LogP contribution is -2.06. The Hall–Kier alpha value is -2.77. The van der Waals surface area contributed by atoms with Crippen molar-refractivity contribution in [2.45, 2.75) is 6.42 Å². The lowest BCUT2D eigenvalue weighted by molar-refractivity contribution is -0.389. The molecule has 0 fully saturated rings. The second kappa shape index (κ2) is 6.24. The highest BCUT2D eigenvalue weighted by Crippen LogP contribution is 2.24. The number of nitro groups is 2. The summed E-state index contributed by atoms with van der Waals surface area (Å²) in [5.41, 5.74) is -0.369. The van der Waals surface area contributed by atoms with Gasteiger partial charge in [0.05, 0.1) is 16.5 Å². The first-order valence-electron chi connectivity index (χ1n) is 5.16. The Kier molecular flexibility index (Phi) is 4.69. The van der Waals surface area contributed by atoms with Gasteiger partial charge in [-0.05, 0) is 0 Å². The molecule has 100 valence electrons. The number of non-ortho nitro benzene ring substituents is 1. The van der Waals surface area contributed by atoms with Crippen LogP contribution in [0.15, 0.2) is 30.9 Å². The van der Waals surface area contributed by atoms with E-state index in [1.165, 1.54) is 0 Å². The third-order valence-corrected chi connectivity index (χ3v) is 2.25. The van der Waals surface area contributed by atoms with Crippen molar-refractivity contribution in [3.63, 3.8) is 0 Å². The first-order valence-corrected chi connectivity index (χ1v) is 5.16. The fraction of sp³-hybridized carbons (Fsp3) is 0.182. The second-order valence-electron chi connectivity index (χ2n) is 3.45. The number of carbonyl (C=O) groups is 1. The number of ether oxygens (including phenoxy) is 1. The highest BCUT2D eigenvalue weighted by molar-refractivity contribution is 5.81. The number of carbonyl (C=O) groups excluding carboxylic acids is 1. The topological polar surface area (TPSA) is 113 Å². The van der Waals surface area contributed by atoms with Gasteiger partial charge < -0.3 is 4.74 Å². The van der Waals surface area contributed by atoms with E-state index in [0.717, 1.165) is 24.3 Å². The van der Waals surface area contributed by atoms with Crippen LogP contribution in [0.5, 0.6) is 0 Å². The minimum atomic E-state index is -0.659. The van der Waals surface area contributed by atoms with Crippen LogP contribution >= 0.6 is 0 Å². The molecule has 0 aromatic heterocycles. The maximum absolute atomic E-state index is 10.8. The molecule has 1 rings (SSSR count). The van der Waals surface area contributed by atoms with Gasteiger partial charge in [0, 0.05) is 36.3 Å². The van der Waals surface area contributed by atoms with Gasteiger partial charge in [0.2, 0.25) is 0 Å². The van der Waals surface area contributed by atoms with Gasteiger partial charge in [0.25, 0.3) is 11.4 Å². The van der Waals surface area contributed by atoms with E-state index in [1.807, 2.05) is 0 Å². The van der Waals surface area contributed by atoms with Crippen molar-refractivity contribution in [1.82, 2.24) is 0 Å². The Morgan fingerprint density at radius 2 is 2.00 bits per heavy atom. The average Bonchev–Trinajstić information content (AvgIpc) is 2.37. The standard InChI is InChI=1S/C11H10N2O6/c1-2-11(14)19-6-5-8-7-9(12(15)16)3-4-10(8)13(17)18/h2-4,7H,1,5-6H2. The number of benzene rings is 1. The molecule has 0 amide bonds. The first-order chi connectivity index (χ1) is 8.95. The van der Waals surface area contributed by atoms with E-state index < -0.39 is 15.8 Å². The zero-order valence-corrected chi connectivity index (χ0v) is 9.77. The summed E-state index contributed by atoms with van der Waals surface area (Å²) < 4.78 is 4.68. The number of nitrogens with zero attached hydrogens (tertiary/aromatic N) is 2. The Bertz CT molecular complexity index is 540. The van der Waals surface area contributed by atoms with Gasteiger partial charge >= 0.3 is 5.97 Å². The van der Waals surface area contributed by atoms with Gasteiger partial charge in [-0.1, -0.05) is 6.58 Å². The first kappa shape index (κ1) is 14.3. The summed E-state index contributed by atoms with van der Waals surface area (Å²) in [6.45, 7) is 3.08. The molecule has 0 radical (unpaired) electrons. The molecule has 0 saturated heterocycles. The third-order valence-electron chi connectivity index (χ3n) is 2.25. The average molecular weight is 266 g/mol. The van der Waals surface area contributed by atoms with E-state index in [2.05, 4.69) is 11.3 Å². The molecular formula is C11H10N2O6. The fourth-order valence-electron chi connectivity index (χ4n) is 1.38. The van der Waals surface area contributed by atoms with Gasteiger partial charge in [-0.3, -0.25) is 20.2 Å². The van der Waals surface area contributed by atoms with E-state index in [9.17, 15) is 25.0 Å². The molecule has 0 unspecified atom stereocenters. The zero-order chi connectivity index (χ0) is 14.4. The van der Waals surface area contributed by atoms with Crippen LogP contribution in [0.4, 0.5) is 11.4 Å². The van der Waals surface area contributed by atoms with Crippen LogP contribution in [-0.4, -0.2) is 22.4 Å². The van der Waals surface area contributed by atoms with E-state index in [0.29, 0.717) is 0 Å². The minimum absolute atomic E-state index is 0.0115. The maximum atomic E-state index is 10.8. The van der Waals surface area contributed by atoms with Crippen molar-refractivity contribution in [1.29, 1.82) is 0 Å². The summed E-state index contributed by atoms with van der Waals surface area (Å²) in [5, 5.41) is 21.4. The van der Waals surface area contributed by atoms with Crippen molar-refractivity contribution in [2.75, 3.05) is 6.61 Å². The van der Waals surface area contributed by atoms with Gasteiger partial charge in [-0.25, -0.2) is 4.79 Å². The van der Waals surface area contributed by atoms with Crippen molar-refractivity contribution in [3.05, 3.63) is 56.6 Å². The van der Waals surface area contributed by atoms with Gasteiger partial charge in [0.1, 0.15) is 0 Å². The molecule has 19 heavy (non-hydrogen) atoms. The summed E-state index contributed by atoms with van der Waals surface area (Å²) in [5.74, 6) is -0.659. The van der Waals surface area contributed by atoms with Crippen LogP contribution in [-0.2, 0) is 16.0 Å². The van der Waals surface area contributed by atoms with Crippen LogP contribution in [0.1, 0.15) is 5.56 Å². The quantitative estimate of drug-likeness (QED) is 0.335. The molecule has 0 saturated carbocycles. The third kappa shape index (κ3) is 3.87. The lowest BCUT2D eigenvalue weighted by Gasteiger charge is -2.03. The number of hydrogen-bond donors (Lipinski definition) is 0. The van der Waals surface area contributed by atoms with Crippen LogP contribution in [0.3, 0.4) is 0 Å². The maximum Gasteiger partial charge on any atom is 0.330 e. The van der Waals surface area contributed by atoms with E-state index >= 15 is 0 Å². The number of hydrogen-bond acceptors (Lipinski definition) is 6. The smallest absolute Gasteiger partial charge is 0.330 e. The summed E-state index contributed by atoms with van der Waals surface area (Å²) in [6.07, 6.45) is 0.972. The molecule has 0 aliphatic heterocycles. The Balaban J connectivity index is 2.91. The van der Waals surface area contributed by atoms with Crippen molar-refractivity contribution in [3.8, 4) is 0 Å². The summed E-state index contributed by atoms with van der Waals surface area (Å²) in [4.78, 5) is 30.9. The largest absolute Gasteiger partial charge is 0.462 e. The molecule has 0 aliphatic rings. The summed E-state index contributed by atoms with van der Waals surface area (Å²) in [6, 6.07) is 3.21. The number of nitro benzene ring substituents is 2. The Labute approximate surface area is 107 Å². The molecule has 0 aliphatic carbocycles.